The molecular formula is C15H25N. The molecular weight excluding hydrogens is 194 g/mol. The molecule has 0 bridgehead atoms. The van der Waals surface area contributed by atoms with Crippen LogP contribution in [0.15, 0.2) is 12.1 Å². The summed E-state index contributed by atoms with van der Waals surface area (Å²) in [7, 11) is 0. The monoisotopic (exact) mass is 219 g/mol. The van der Waals surface area contributed by atoms with E-state index in [2.05, 4.69) is 59.0 Å². The molecule has 0 spiro atoms. The maximum Gasteiger partial charge on any atom is 0.0213 e. The average Bonchev–Trinajstić information content (AvgIpc) is 2.22. The molecule has 0 saturated carbocycles. The second-order valence-corrected chi connectivity index (χ2v) is 5.45. The van der Waals surface area contributed by atoms with Crippen LogP contribution in [0.2, 0.25) is 0 Å². The van der Waals surface area contributed by atoms with Gasteiger partial charge in [-0.2, -0.15) is 0 Å². The van der Waals surface area contributed by atoms with Gasteiger partial charge in [0.25, 0.3) is 0 Å². The van der Waals surface area contributed by atoms with Crippen molar-refractivity contribution in [3.8, 4) is 0 Å². The SMILES string of the molecule is CCC(C)(C)NCc1cc(C)c(C)cc1C. The summed E-state index contributed by atoms with van der Waals surface area (Å²) in [4.78, 5) is 0. The van der Waals surface area contributed by atoms with E-state index in [-0.39, 0.29) is 5.54 Å². The molecule has 0 saturated heterocycles. The van der Waals surface area contributed by atoms with Gasteiger partial charge in [-0.15, -0.1) is 0 Å². The molecule has 0 aliphatic rings. The third-order valence-electron chi connectivity index (χ3n) is 3.59. The lowest BCUT2D eigenvalue weighted by Crippen LogP contribution is -2.38. The lowest BCUT2D eigenvalue weighted by Gasteiger charge is -2.25. The average molecular weight is 219 g/mol. The summed E-state index contributed by atoms with van der Waals surface area (Å²) in [5.74, 6) is 0. The fourth-order valence-corrected chi connectivity index (χ4v) is 1.67. The van der Waals surface area contributed by atoms with Crippen molar-refractivity contribution < 1.29 is 0 Å². The largest absolute Gasteiger partial charge is 0.308 e. The maximum absolute atomic E-state index is 3.61. The highest BCUT2D eigenvalue weighted by Crippen LogP contribution is 2.16. The Balaban J connectivity index is 2.79. The van der Waals surface area contributed by atoms with E-state index in [1.165, 1.54) is 22.3 Å². The molecule has 0 fully saturated rings. The maximum atomic E-state index is 3.61. The molecule has 0 heterocycles. The molecule has 0 atom stereocenters. The van der Waals surface area contributed by atoms with Gasteiger partial charge in [-0.1, -0.05) is 19.1 Å². The predicted octanol–water partition coefficient (Wildman–Crippen LogP) is 3.89. The third kappa shape index (κ3) is 3.34. The first-order valence-electron chi connectivity index (χ1n) is 6.17. The minimum absolute atomic E-state index is 0.227. The van der Waals surface area contributed by atoms with Crippen LogP contribution in [0.3, 0.4) is 0 Å². The first kappa shape index (κ1) is 13.2. The Morgan fingerprint density at radius 1 is 1.00 bits per heavy atom. The van der Waals surface area contributed by atoms with Crippen LogP contribution >= 0.6 is 0 Å². The van der Waals surface area contributed by atoms with Crippen molar-refractivity contribution in [2.24, 2.45) is 0 Å². The van der Waals surface area contributed by atoms with Crippen molar-refractivity contribution in [1.82, 2.24) is 5.32 Å². The van der Waals surface area contributed by atoms with E-state index in [4.69, 9.17) is 0 Å². The number of benzene rings is 1. The van der Waals surface area contributed by atoms with Gasteiger partial charge >= 0.3 is 0 Å². The summed E-state index contributed by atoms with van der Waals surface area (Å²) in [5.41, 5.74) is 5.81. The topological polar surface area (TPSA) is 12.0 Å². The van der Waals surface area contributed by atoms with E-state index in [1.807, 2.05) is 0 Å². The van der Waals surface area contributed by atoms with Crippen molar-refractivity contribution in [2.45, 2.75) is 60.0 Å². The van der Waals surface area contributed by atoms with Gasteiger partial charge in [0, 0.05) is 12.1 Å². The molecule has 0 amide bonds. The number of rotatable bonds is 4. The van der Waals surface area contributed by atoms with Crippen molar-refractivity contribution in [3.05, 3.63) is 34.4 Å². The molecule has 0 aromatic heterocycles. The smallest absolute Gasteiger partial charge is 0.0213 e. The molecule has 1 aromatic rings. The zero-order chi connectivity index (χ0) is 12.3. The summed E-state index contributed by atoms with van der Waals surface area (Å²) in [6, 6.07) is 4.59. The molecule has 0 radical (unpaired) electrons. The quantitative estimate of drug-likeness (QED) is 0.810. The van der Waals surface area contributed by atoms with Crippen LogP contribution in [-0.2, 0) is 6.54 Å². The summed E-state index contributed by atoms with van der Waals surface area (Å²) in [5, 5.41) is 3.61. The Bertz CT molecular complexity index is 364. The number of hydrogen-bond acceptors (Lipinski definition) is 1. The lowest BCUT2D eigenvalue weighted by molar-refractivity contribution is 0.374. The van der Waals surface area contributed by atoms with Crippen LogP contribution in [0.25, 0.3) is 0 Å². The predicted molar refractivity (Wildman–Crippen MR) is 71.9 cm³/mol. The van der Waals surface area contributed by atoms with Crippen molar-refractivity contribution in [2.75, 3.05) is 0 Å². The van der Waals surface area contributed by atoms with E-state index in [1.54, 1.807) is 0 Å². The molecule has 16 heavy (non-hydrogen) atoms. The molecule has 0 aliphatic heterocycles. The summed E-state index contributed by atoms with van der Waals surface area (Å²) in [6.45, 7) is 14.3. The molecule has 0 unspecified atom stereocenters. The number of hydrogen-bond donors (Lipinski definition) is 1. The van der Waals surface area contributed by atoms with Crippen molar-refractivity contribution >= 4 is 0 Å². The van der Waals surface area contributed by atoms with Gasteiger partial charge in [0.2, 0.25) is 0 Å². The molecule has 1 rings (SSSR count). The molecule has 1 aromatic carbocycles. The van der Waals surface area contributed by atoms with E-state index in [9.17, 15) is 0 Å². The molecule has 90 valence electrons. The van der Waals surface area contributed by atoms with Crippen molar-refractivity contribution in [3.63, 3.8) is 0 Å². The summed E-state index contributed by atoms with van der Waals surface area (Å²) >= 11 is 0. The molecule has 1 heteroatoms. The van der Waals surface area contributed by atoms with Gasteiger partial charge in [-0.3, -0.25) is 0 Å². The first-order chi connectivity index (χ1) is 7.35. The Labute approximate surface area is 100 Å². The highest BCUT2D eigenvalue weighted by molar-refractivity contribution is 5.36. The van der Waals surface area contributed by atoms with E-state index in [0.29, 0.717) is 0 Å². The van der Waals surface area contributed by atoms with Crippen molar-refractivity contribution in [1.29, 1.82) is 0 Å². The Kier molecular flexibility index (Phi) is 4.15. The van der Waals surface area contributed by atoms with Crippen LogP contribution < -0.4 is 5.32 Å². The highest BCUT2D eigenvalue weighted by Gasteiger charge is 2.14. The van der Waals surface area contributed by atoms with E-state index >= 15 is 0 Å². The molecule has 1 N–H and O–H groups in total. The Morgan fingerprint density at radius 3 is 2.12 bits per heavy atom. The third-order valence-corrected chi connectivity index (χ3v) is 3.59. The van der Waals surface area contributed by atoms with E-state index < -0.39 is 0 Å². The van der Waals surface area contributed by atoms with E-state index in [0.717, 1.165) is 13.0 Å². The van der Waals surface area contributed by atoms with Gasteiger partial charge in [-0.25, -0.2) is 0 Å². The second-order valence-electron chi connectivity index (χ2n) is 5.45. The minimum atomic E-state index is 0.227. The normalized spacial score (nSPS) is 11.9. The second kappa shape index (κ2) is 5.01. The zero-order valence-electron chi connectivity index (χ0n) is 11.6. The van der Waals surface area contributed by atoms with Gasteiger partial charge in [-0.05, 0) is 63.3 Å². The molecule has 0 aliphatic carbocycles. The highest BCUT2D eigenvalue weighted by atomic mass is 14.9. The van der Waals surface area contributed by atoms with Crippen LogP contribution in [0.5, 0.6) is 0 Å². The van der Waals surface area contributed by atoms with Crippen LogP contribution in [0.4, 0.5) is 0 Å². The first-order valence-corrected chi connectivity index (χ1v) is 6.17. The minimum Gasteiger partial charge on any atom is -0.308 e. The lowest BCUT2D eigenvalue weighted by atomic mass is 9.98. The van der Waals surface area contributed by atoms with Crippen LogP contribution in [-0.4, -0.2) is 5.54 Å². The Hall–Kier alpha value is -0.820. The molecule has 1 nitrogen and oxygen atoms in total. The standard InChI is InChI=1S/C15H25N/c1-7-15(5,6)16-10-14-9-12(3)11(2)8-13(14)4/h8-9,16H,7,10H2,1-6H3. The number of aryl methyl sites for hydroxylation is 3. The Morgan fingerprint density at radius 2 is 1.56 bits per heavy atom. The van der Waals surface area contributed by atoms with Crippen LogP contribution in [0.1, 0.15) is 49.4 Å². The fourth-order valence-electron chi connectivity index (χ4n) is 1.67. The number of nitrogens with one attached hydrogen (secondary N) is 1. The van der Waals surface area contributed by atoms with Gasteiger partial charge < -0.3 is 5.32 Å². The van der Waals surface area contributed by atoms with Gasteiger partial charge in [0.05, 0.1) is 0 Å². The summed E-state index contributed by atoms with van der Waals surface area (Å²) < 4.78 is 0. The van der Waals surface area contributed by atoms with Gasteiger partial charge in [0.1, 0.15) is 0 Å². The van der Waals surface area contributed by atoms with Crippen LogP contribution in [0, 0.1) is 20.8 Å². The van der Waals surface area contributed by atoms with Gasteiger partial charge in [0.15, 0.2) is 0 Å². The zero-order valence-corrected chi connectivity index (χ0v) is 11.6. The summed E-state index contributed by atoms with van der Waals surface area (Å²) in [6.07, 6.45) is 1.15. The fraction of sp³-hybridized carbons (Fsp3) is 0.600.